The van der Waals surface area contributed by atoms with Crippen LogP contribution in [0.15, 0.2) is 17.0 Å². The Kier molecular flexibility index (Phi) is 3.94. The molecule has 0 aliphatic heterocycles. The number of ether oxygens (including phenoxy) is 1. The summed E-state index contributed by atoms with van der Waals surface area (Å²) >= 11 is 0. The minimum Gasteiger partial charge on any atom is -0.489 e. The first-order valence-corrected chi connectivity index (χ1v) is 6.92. The zero-order valence-electron chi connectivity index (χ0n) is 9.14. The molecule has 6 nitrogen and oxygen atoms in total. The van der Waals surface area contributed by atoms with Crippen LogP contribution in [0.1, 0.15) is 12.5 Å². The minimum atomic E-state index is -4.09. The molecule has 0 radical (unpaired) electrons. The van der Waals surface area contributed by atoms with E-state index in [-0.39, 0.29) is 10.6 Å². The second-order valence-electron chi connectivity index (χ2n) is 3.19. The van der Waals surface area contributed by atoms with Gasteiger partial charge in [0.2, 0.25) is 5.75 Å². The minimum absolute atomic E-state index is 0.345. The van der Waals surface area contributed by atoms with E-state index < -0.39 is 19.7 Å². The van der Waals surface area contributed by atoms with E-state index in [4.69, 9.17) is 15.4 Å². The van der Waals surface area contributed by atoms with Gasteiger partial charge in [-0.2, -0.15) is 0 Å². The lowest BCUT2D eigenvalue weighted by atomic mass is 10.1. The molecule has 0 heterocycles. The number of nitro benzene ring substituents is 1. The van der Waals surface area contributed by atoms with Gasteiger partial charge in [-0.3, -0.25) is 10.1 Å². The van der Waals surface area contributed by atoms with Crippen LogP contribution < -0.4 is 4.74 Å². The molecule has 0 saturated carbocycles. The fraction of sp³-hybridized carbons (Fsp3) is 0.333. The molecule has 0 amide bonds. The number of nitrogens with zero attached hydrogens (tertiary/aromatic N) is 1. The molecule has 0 spiro atoms. The largest absolute Gasteiger partial charge is 0.489 e. The quantitative estimate of drug-likeness (QED) is 0.478. The molecule has 0 fully saturated rings. The molecule has 1 rings (SSSR count). The van der Waals surface area contributed by atoms with Crippen molar-refractivity contribution in [2.24, 2.45) is 0 Å². The van der Waals surface area contributed by atoms with Gasteiger partial charge in [0, 0.05) is 16.7 Å². The van der Waals surface area contributed by atoms with Gasteiger partial charge < -0.3 is 4.74 Å². The van der Waals surface area contributed by atoms with E-state index in [1.54, 1.807) is 6.92 Å². The third-order valence-electron chi connectivity index (χ3n) is 2.17. The highest BCUT2D eigenvalue weighted by Gasteiger charge is 2.26. The van der Waals surface area contributed by atoms with Crippen molar-refractivity contribution < 1.29 is 18.1 Å². The summed E-state index contributed by atoms with van der Waals surface area (Å²) in [6.07, 6.45) is 0.449. The van der Waals surface area contributed by atoms with E-state index in [0.29, 0.717) is 12.0 Å². The number of aryl methyl sites for hydroxylation is 1. The summed E-state index contributed by atoms with van der Waals surface area (Å²) in [5.74, 6) is -0.345. The third kappa shape index (κ3) is 2.86. The number of methoxy groups -OCH3 is 1. The molecule has 0 saturated heterocycles. The summed E-state index contributed by atoms with van der Waals surface area (Å²) in [5.41, 5.74) is 0.0859. The van der Waals surface area contributed by atoms with Gasteiger partial charge in [-0.15, -0.1) is 0 Å². The van der Waals surface area contributed by atoms with Crippen LogP contribution in [0, 0.1) is 10.1 Å². The summed E-state index contributed by atoms with van der Waals surface area (Å²) in [6.45, 7) is 1.75. The molecular weight excluding hydrogens is 270 g/mol. The van der Waals surface area contributed by atoms with Gasteiger partial charge in [-0.05, 0) is 18.1 Å². The Balaban J connectivity index is 3.69. The van der Waals surface area contributed by atoms with Crippen molar-refractivity contribution in [3.05, 3.63) is 27.8 Å². The zero-order valence-corrected chi connectivity index (χ0v) is 10.7. The summed E-state index contributed by atoms with van der Waals surface area (Å²) < 4.78 is 27.4. The van der Waals surface area contributed by atoms with Crippen LogP contribution in [-0.4, -0.2) is 20.5 Å². The van der Waals surface area contributed by atoms with Gasteiger partial charge in [-0.25, -0.2) is 8.42 Å². The highest BCUT2D eigenvalue weighted by Crippen LogP contribution is 2.37. The number of hydrogen-bond acceptors (Lipinski definition) is 5. The number of nitro groups is 1. The molecule has 0 aromatic heterocycles. The lowest BCUT2D eigenvalue weighted by Crippen LogP contribution is -2.02. The maximum absolute atomic E-state index is 11.3. The van der Waals surface area contributed by atoms with Crippen LogP contribution in [0.4, 0.5) is 5.69 Å². The van der Waals surface area contributed by atoms with Gasteiger partial charge in [0.1, 0.15) is 4.90 Å². The van der Waals surface area contributed by atoms with Crippen LogP contribution in [0.25, 0.3) is 0 Å². The molecule has 0 unspecified atom stereocenters. The fourth-order valence-corrected chi connectivity index (χ4v) is 2.41. The molecule has 8 heteroatoms. The molecular formula is C9H10ClNO5S. The predicted octanol–water partition coefficient (Wildman–Crippen LogP) is 2.09. The Morgan fingerprint density at radius 3 is 2.41 bits per heavy atom. The second kappa shape index (κ2) is 4.89. The van der Waals surface area contributed by atoms with E-state index >= 15 is 0 Å². The first-order chi connectivity index (χ1) is 7.81. The average Bonchev–Trinajstić information content (AvgIpc) is 2.25. The topological polar surface area (TPSA) is 86.5 Å². The van der Waals surface area contributed by atoms with Crippen molar-refractivity contribution in [3.8, 4) is 5.75 Å². The number of hydrogen-bond donors (Lipinski definition) is 0. The number of benzene rings is 1. The van der Waals surface area contributed by atoms with E-state index in [2.05, 4.69) is 0 Å². The maximum atomic E-state index is 11.3. The van der Waals surface area contributed by atoms with Crippen molar-refractivity contribution in [2.45, 2.75) is 18.2 Å². The average molecular weight is 280 g/mol. The van der Waals surface area contributed by atoms with Crippen LogP contribution in [-0.2, 0) is 15.5 Å². The number of rotatable bonds is 4. The van der Waals surface area contributed by atoms with Gasteiger partial charge >= 0.3 is 5.69 Å². The van der Waals surface area contributed by atoms with E-state index in [9.17, 15) is 18.5 Å². The fourth-order valence-electron chi connectivity index (χ4n) is 1.37. The van der Waals surface area contributed by atoms with Gasteiger partial charge in [-0.1, -0.05) is 6.92 Å². The van der Waals surface area contributed by atoms with Gasteiger partial charge in [0.05, 0.1) is 12.0 Å². The van der Waals surface area contributed by atoms with E-state index in [1.165, 1.54) is 12.1 Å². The Hall–Kier alpha value is -1.34. The summed E-state index contributed by atoms with van der Waals surface area (Å²) in [4.78, 5) is 9.73. The van der Waals surface area contributed by atoms with Crippen LogP contribution in [0.5, 0.6) is 5.75 Å². The SMILES string of the molecule is CCc1cc([N+](=O)[O-])c(OC)c(S(=O)(=O)Cl)c1. The lowest BCUT2D eigenvalue weighted by Gasteiger charge is -2.08. The molecule has 0 aliphatic carbocycles. The highest BCUT2D eigenvalue weighted by atomic mass is 35.7. The lowest BCUT2D eigenvalue weighted by molar-refractivity contribution is -0.386. The van der Waals surface area contributed by atoms with Crippen molar-refractivity contribution >= 4 is 25.4 Å². The highest BCUT2D eigenvalue weighted by molar-refractivity contribution is 8.13. The standard InChI is InChI=1S/C9H10ClNO5S/c1-3-6-4-7(11(12)13)9(16-2)8(5-6)17(10,14)15/h4-5H,3H2,1-2H3. The molecule has 1 aromatic carbocycles. The first kappa shape index (κ1) is 13.7. The molecule has 0 bridgehead atoms. The summed E-state index contributed by atoms with van der Waals surface area (Å²) in [5, 5.41) is 10.8. The zero-order chi connectivity index (χ0) is 13.2. The summed E-state index contributed by atoms with van der Waals surface area (Å²) in [7, 11) is 2.28. The third-order valence-corrected chi connectivity index (χ3v) is 3.49. The molecule has 0 aliphatic rings. The molecule has 17 heavy (non-hydrogen) atoms. The van der Waals surface area contributed by atoms with Crippen LogP contribution >= 0.6 is 10.7 Å². The molecule has 0 N–H and O–H groups in total. The Morgan fingerprint density at radius 2 is 2.06 bits per heavy atom. The Bertz CT molecular complexity index is 555. The van der Waals surface area contributed by atoms with Gasteiger partial charge in [0.25, 0.3) is 9.05 Å². The van der Waals surface area contributed by atoms with Crippen molar-refractivity contribution in [1.29, 1.82) is 0 Å². The van der Waals surface area contributed by atoms with Crippen molar-refractivity contribution in [3.63, 3.8) is 0 Å². The molecule has 1 aromatic rings. The number of halogens is 1. The molecule has 0 atom stereocenters. The smallest absolute Gasteiger partial charge is 0.312 e. The van der Waals surface area contributed by atoms with Crippen molar-refractivity contribution in [2.75, 3.05) is 7.11 Å². The Labute approximate surface area is 103 Å². The van der Waals surface area contributed by atoms with Crippen molar-refractivity contribution in [1.82, 2.24) is 0 Å². The normalized spacial score (nSPS) is 11.2. The molecule has 94 valence electrons. The second-order valence-corrected chi connectivity index (χ2v) is 5.73. The first-order valence-electron chi connectivity index (χ1n) is 4.61. The van der Waals surface area contributed by atoms with E-state index in [1.807, 2.05) is 0 Å². The predicted molar refractivity (Wildman–Crippen MR) is 62.1 cm³/mol. The monoisotopic (exact) mass is 279 g/mol. The summed E-state index contributed by atoms with van der Waals surface area (Å²) in [6, 6.07) is 2.54. The van der Waals surface area contributed by atoms with Crippen LogP contribution in [0.3, 0.4) is 0 Å². The maximum Gasteiger partial charge on any atom is 0.312 e. The van der Waals surface area contributed by atoms with Gasteiger partial charge in [0.15, 0.2) is 0 Å². The van der Waals surface area contributed by atoms with E-state index in [0.717, 1.165) is 7.11 Å². The van der Waals surface area contributed by atoms with Crippen LogP contribution in [0.2, 0.25) is 0 Å². The Morgan fingerprint density at radius 1 is 1.47 bits per heavy atom.